The van der Waals surface area contributed by atoms with Crippen molar-refractivity contribution in [2.75, 3.05) is 23.5 Å². The van der Waals surface area contributed by atoms with Gasteiger partial charge in [-0.25, -0.2) is 4.79 Å². The van der Waals surface area contributed by atoms with Crippen LogP contribution in [0.5, 0.6) is 0 Å². The van der Waals surface area contributed by atoms with Gasteiger partial charge in [0.1, 0.15) is 17.7 Å². The van der Waals surface area contributed by atoms with Gasteiger partial charge in [-0.05, 0) is 85.7 Å². The first-order chi connectivity index (χ1) is 17.4. The number of thioether (sulfide) groups is 2. The van der Waals surface area contributed by atoms with Crippen molar-refractivity contribution in [3.8, 4) is 0 Å². The Bertz CT molecular complexity index is 846. The number of carbonyl (C=O) groups excluding carboxylic acids is 3. The standard InChI is InChI=1S/C27H46N4O4S2/c1-19(2)10-8-11-20(3)12-9-13-21-14-17-37-18-23(25(33)31-30-21)28-24(32)22(15-16-36-7)29-26(34)35-27(4,5)6/h10,12,14,22-23,30H,8-9,11,13,15-18H2,1-7H3,(H,28,32)(H,29,34)(H,31,33)/b20-12+,21-14-/t22-,23+/m1/s1. The zero-order valence-electron chi connectivity index (χ0n) is 23.5. The van der Waals surface area contributed by atoms with Gasteiger partial charge in [-0.1, -0.05) is 29.4 Å². The van der Waals surface area contributed by atoms with Crippen molar-refractivity contribution in [1.82, 2.24) is 21.5 Å². The summed E-state index contributed by atoms with van der Waals surface area (Å²) in [6, 6.07) is -1.52. The van der Waals surface area contributed by atoms with E-state index in [4.69, 9.17) is 4.74 Å². The number of rotatable bonds is 12. The molecule has 0 radical (unpaired) electrons. The number of hydrogen-bond donors (Lipinski definition) is 4. The largest absolute Gasteiger partial charge is 0.444 e. The molecule has 1 rings (SSSR count). The summed E-state index contributed by atoms with van der Waals surface area (Å²) in [6.07, 6.45) is 12.1. The van der Waals surface area contributed by atoms with E-state index in [1.807, 2.05) is 6.26 Å². The molecular formula is C27H46N4O4S2. The Kier molecular flexibility index (Phi) is 15.5. The molecule has 2 atom stereocenters. The highest BCUT2D eigenvalue weighted by Gasteiger charge is 2.28. The minimum atomic E-state index is -0.791. The molecule has 8 nitrogen and oxygen atoms in total. The van der Waals surface area contributed by atoms with E-state index in [1.165, 1.54) is 11.1 Å². The number of ether oxygens (including phenoxy) is 1. The van der Waals surface area contributed by atoms with E-state index in [2.05, 4.69) is 60.5 Å². The highest BCUT2D eigenvalue weighted by Crippen LogP contribution is 2.14. The zero-order chi connectivity index (χ0) is 27.8. The van der Waals surface area contributed by atoms with Crippen molar-refractivity contribution in [3.05, 3.63) is 35.1 Å². The topological polar surface area (TPSA) is 109 Å². The Hall–Kier alpha value is -2.07. The smallest absolute Gasteiger partial charge is 0.408 e. The maximum Gasteiger partial charge on any atom is 0.408 e. The highest BCUT2D eigenvalue weighted by molar-refractivity contribution is 7.99. The summed E-state index contributed by atoms with van der Waals surface area (Å²) < 4.78 is 5.31. The van der Waals surface area contributed by atoms with Crippen LogP contribution in [0.2, 0.25) is 0 Å². The van der Waals surface area contributed by atoms with Crippen LogP contribution < -0.4 is 21.5 Å². The zero-order valence-corrected chi connectivity index (χ0v) is 25.1. The highest BCUT2D eigenvalue weighted by atomic mass is 32.2. The molecule has 10 heteroatoms. The first-order valence-electron chi connectivity index (χ1n) is 12.8. The maximum absolute atomic E-state index is 13.0. The van der Waals surface area contributed by atoms with Crippen LogP contribution in [0.1, 0.15) is 73.6 Å². The Morgan fingerprint density at radius 3 is 2.59 bits per heavy atom. The Morgan fingerprint density at radius 2 is 1.95 bits per heavy atom. The van der Waals surface area contributed by atoms with Gasteiger partial charge in [-0.2, -0.15) is 23.5 Å². The van der Waals surface area contributed by atoms with Gasteiger partial charge in [0, 0.05) is 17.2 Å². The summed E-state index contributed by atoms with van der Waals surface area (Å²) in [5.74, 6) is 1.11. The van der Waals surface area contributed by atoms with Gasteiger partial charge in [-0.15, -0.1) is 0 Å². The first kappa shape index (κ1) is 33.0. The molecule has 4 N–H and O–H groups in total. The normalized spacial score (nSPS) is 19.0. The molecule has 0 aliphatic carbocycles. The molecule has 0 unspecified atom stereocenters. The third-order valence-corrected chi connectivity index (χ3v) is 6.94. The molecule has 0 aromatic carbocycles. The second kappa shape index (κ2) is 17.4. The number of allylic oxidation sites excluding steroid dienone is 5. The summed E-state index contributed by atoms with van der Waals surface area (Å²) >= 11 is 3.15. The lowest BCUT2D eigenvalue weighted by atomic mass is 10.1. The van der Waals surface area contributed by atoms with E-state index >= 15 is 0 Å². The minimum Gasteiger partial charge on any atom is -0.444 e. The molecule has 1 aliphatic rings. The molecule has 0 aromatic rings. The van der Waals surface area contributed by atoms with Crippen LogP contribution >= 0.6 is 23.5 Å². The molecular weight excluding hydrogens is 508 g/mol. The Morgan fingerprint density at radius 1 is 1.22 bits per heavy atom. The second-order valence-electron chi connectivity index (χ2n) is 10.3. The summed E-state index contributed by atoms with van der Waals surface area (Å²) in [4.78, 5) is 38.1. The van der Waals surface area contributed by atoms with Gasteiger partial charge in [-0.3, -0.25) is 15.0 Å². The molecule has 3 amide bonds. The fourth-order valence-electron chi connectivity index (χ4n) is 3.36. The molecule has 0 saturated carbocycles. The van der Waals surface area contributed by atoms with Gasteiger partial charge < -0.3 is 20.8 Å². The third kappa shape index (κ3) is 15.7. The van der Waals surface area contributed by atoms with E-state index in [0.29, 0.717) is 17.9 Å². The summed E-state index contributed by atoms with van der Waals surface area (Å²) in [5, 5.41) is 5.46. The average Bonchev–Trinajstić information content (AvgIpc) is 2.87. The number of hydrogen-bond acceptors (Lipinski definition) is 7. The molecule has 0 spiro atoms. The van der Waals surface area contributed by atoms with Gasteiger partial charge in [0.2, 0.25) is 5.91 Å². The Labute approximate surface area is 231 Å². The van der Waals surface area contributed by atoms with E-state index < -0.39 is 29.7 Å². The SMILES string of the molecule is CSCC[C@@H](NC(=O)OC(C)(C)C)C(=O)N[C@H]1CSC/C=C(/CC/C=C(\C)CCC=C(C)C)NNC1=O. The van der Waals surface area contributed by atoms with Crippen molar-refractivity contribution in [1.29, 1.82) is 0 Å². The predicted octanol–water partition coefficient (Wildman–Crippen LogP) is 4.84. The van der Waals surface area contributed by atoms with Crippen LogP contribution in [-0.2, 0) is 14.3 Å². The van der Waals surface area contributed by atoms with Crippen LogP contribution in [0.4, 0.5) is 4.79 Å². The number of carbonyl (C=O) groups is 3. The van der Waals surface area contributed by atoms with E-state index in [-0.39, 0.29) is 5.91 Å². The quantitative estimate of drug-likeness (QED) is 0.256. The van der Waals surface area contributed by atoms with E-state index in [1.54, 1.807) is 44.3 Å². The molecule has 0 aromatic heterocycles. The van der Waals surface area contributed by atoms with Gasteiger partial charge in [0.05, 0.1) is 0 Å². The minimum absolute atomic E-state index is 0.317. The Balaban J connectivity index is 2.65. The fourth-order valence-corrected chi connectivity index (χ4v) is 4.76. The molecule has 1 aliphatic heterocycles. The first-order valence-corrected chi connectivity index (χ1v) is 15.4. The molecule has 0 fully saturated rings. The molecule has 1 heterocycles. The summed E-state index contributed by atoms with van der Waals surface area (Å²) in [5.41, 5.74) is 8.75. The lowest BCUT2D eigenvalue weighted by Gasteiger charge is -2.25. The van der Waals surface area contributed by atoms with Crippen molar-refractivity contribution >= 4 is 41.4 Å². The van der Waals surface area contributed by atoms with Gasteiger partial charge in [0.25, 0.3) is 5.91 Å². The van der Waals surface area contributed by atoms with Gasteiger partial charge >= 0.3 is 6.09 Å². The van der Waals surface area contributed by atoms with Crippen LogP contribution in [0.15, 0.2) is 35.1 Å². The maximum atomic E-state index is 13.0. The number of amides is 3. The van der Waals surface area contributed by atoms with Crippen molar-refractivity contribution in [2.45, 2.75) is 91.3 Å². The van der Waals surface area contributed by atoms with Crippen LogP contribution in [0, 0.1) is 0 Å². The van der Waals surface area contributed by atoms with Crippen LogP contribution in [0.3, 0.4) is 0 Å². The molecule has 0 saturated heterocycles. The molecule has 0 bridgehead atoms. The lowest BCUT2D eigenvalue weighted by Crippen LogP contribution is -2.56. The lowest BCUT2D eigenvalue weighted by molar-refractivity contribution is -0.129. The number of hydrazine groups is 1. The fraction of sp³-hybridized carbons (Fsp3) is 0.667. The van der Waals surface area contributed by atoms with Crippen LogP contribution in [-0.4, -0.2) is 59.1 Å². The monoisotopic (exact) mass is 554 g/mol. The van der Waals surface area contributed by atoms with Crippen LogP contribution in [0.25, 0.3) is 0 Å². The van der Waals surface area contributed by atoms with E-state index in [9.17, 15) is 14.4 Å². The predicted molar refractivity (Wildman–Crippen MR) is 156 cm³/mol. The van der Waals surface area contributed by atoms with Gasteiger partial charge in [0.15, 0.2) is 0 Å². The summed E-state index contributed by atoms with van der Waals surface area (Å²) in [7, 11) is 0. The summed E-state index contributed by atoms with van der Waals surface area (Å²) in [6.45, 7) is 11.7. The third-order valence-electron chi connectivity index (χ3n) is 5.33. The average molecular weight is 555 g/mol. The number of nitrogens with one attached hydrogen (secondary N) is 4. The molecule has 210 valence electrons. The van der Waals surface area contributed by atoms with Crippen molar-refractivity contribution < 1.29 is 19.1 Å². The van der Waals surface area contributed by atoms with Crippen molar-refractivity contribution in [3.63, 3.8) is 0 Å². The van der Waals surface area contributed by atoms with E-state index in [0.717, 1.165) is 37.1 Å². The second-order valence-corrected chi connectivity index (χ2v) is 12.4. The molecule has 37 heavy (non-hydrogen) atoms. The number of alkyl carbamates (subject to hydrolysis) is 1. The van der Waals surface area contributed by atoms with Crippen molar-refractivity contribution in [2.24, 2.45) is 0 Å².